The molecule has 1 aromatic carbocycles. The molecule has 2 N–H and O–H groups in total. The summed E-state index contributed by atoms with van der Waals surface area (Å²) in [4.78, 5) is 12.4. The van der Waals surface area contributed by atoms with Crippen LogP contribution in [0.5, 0.6) is 5.75 Å². The molecule has 0 bridgehead atoms. The van der Waals surface area contributed by atoms with E-state index in [1.54, 1.807) is 23.5 Å². The van der Waals surface area contributed by atoms with Crippen LogP contribution in [-0.4, -0.2) is 43.2 Å². The van der Waals surface area contributed by atoms with Crippen molar-refractivity contribution in [1.29, 1.82) is 0 Å². The Balaban J connectivity index is 0.00000320. The number of benzene rings is 1. The van der Waals surface area contributed by atoms with Crippen LogP contribution in [0.15, 0.2) is 29.3 Å². The number of aliphatic imine (C=N–C) groups is 1. The van der Waals surface area contributed by atoms with Crippen molar-refractivity contribution in [2.24, 2.45) is 4.99 Å². The summed E-state index contributed by atoms with van der Waals surface area (Å²) < 4.78 is 30.1. The van der Waals surface area contributed by atoms with Gasteiger partial charge in [0, 0.05) is 30.6 Å². The second-order valence-electron chi connectivity index (χ2n) is 6.86. The summed E-state index contributed by atoms with van der Waals surface area (Å²) >= 11 is 1.66. The number of hydrogen-bond acceptors (Lipinski definition) is 5. The fraction of sp³-hybridized carbons (Fsp3) is 0.500. The lowest BCUT2D eigenvalue weighted by molar-refractivity contribution is -0.0495. The Kier molecular flexibility index (Phi) is 9.53. The number of aryl methyl sites for hydroxylation is 2. The van der Waals surface area contributed by atoms with Gasteiger partial charge in [0.2, 0.25) is 0 Å². The molecule has 6 nitrogen and oxygen atoms in total. The molecule has 0 aliphatic carbocycles. The molecule has 1 fully saturated rings. The van der Waals surface area contributed by atoms with Gasteiger partial charge in [0.25, 0.3) is 0 Å². The minimum Gasteiger partial charge on any atom is -0.433 e. The molecule has 1 atom stereocenters. The lowest BCUT2D eigenvalue weighted by Crippen LogP contribution is -2.44. The molecular weight excluding hydrogens is 523 g/mol. The summed E-state index contributed by atoms with van der Waals surface area (Å²) in [5.74, 6) is 0.960. The Hall–Kier alpha value is -1.69. The molecule has 1 saturated heterocycles. The number of rotatable bonds is 7. The van der Waals surface area contributed by atoms with E-state index in [4.69, 9.17) is 4.99 Å². The Morgan fingerprint density at radius 2 is 2.13 bits per heavy atom. The molecule has 1 unspecified atom stereocenters. The number of nitrogens with one attached hydrogen (secondary N) is 2. The van der Waals surface area contributed by atoms with Gasteiger partial charge < -0.3 is 20.3 Å². The van der Waals surface area contributed by atoms with Crippen LogP contribution >= 0.6 is 35.3 Å². The first-order chi connectivity index (χ1) is 14.0. The predicted octanol–water partition coefficient (Wildman–Crippen LogP) is 4.31. The molecule has 0 radical (unpaired) electrons. The zero-order valence-electron chi connectivity index (χ0n) is 17.3. The largest absolute Gasteiger partial charge is 0.433 e. The Bertz CT molecular complexity index is 848. The van der Waals surface area contributed by atoms with E-state index in [2.05, 4.69) is 25.3 Å². The highest BCUT2D eigenvalue weighted by Gasteiger charge is 2.26. The average Bonchev–Trinajstić information content (AvgIpc) is 3.25. The van der Waals surface area contributed by atoms with Gasteiger partial charge >= 0.3 is 6.61 Å². The van der Waals surface area contributed by atoms with Crippen LogP contribution in [0.25, 0.3) is 0 Å². The summed E-state index contributed by atoms with van der Waals surface area (Å²) in [6.45, 7) is 5.97. The first-order valence-corrected chi connectivity index (χ1v) is 10.5. The number of thiazole rings is 1. The summed E-state index contributed by atoms with van der Waals surface area (Å²) in [6.07, 6.45) is 0.881. The first-order valence-electron chi connectivity index (χ1n) is 9.72. The van der Waals surface area contributed by atoms with E-state index in [0.717, 1.165) is 41.0 Å². The number of hydrogen-bond donors (Lipinski definition) is 2. The van der Waals surface area contributed by atoms with Crippen molar-refractivity contribution < 1.29 is 13.5 Å². The van der Waals surface area contributed by atoms with Crippen molar-refractivity contribution in [2.45, 2.75) is 46.4 Å². The van der Waals surface area contributed by atoms with Crippen LogP contribution in [-0.2, 0) is 6.54 Å². The molecule has 2 aromatic rings. The van der Waals surface area contributed by atoms with Crippen LogP contribution in [0.3, 0.4) is 0 Å². The quantitative estimate of drug-likeness (QED) is 0.305. The predicted molar refractivity (Wildman–Crippen MR) is 129 cm³/mol. The second kappa shape index (κ2) is 11.6. The van der Waals surface area contributed by atoms with Gasteiger partial charge in [-0.05, 0) is 39.3 Å². The van der Waals surface area contributed by atoms with Crippen molar-refractivity contribution in [2.75, 3.05) is 24.5 Å². The molecule has 3 rings (SSSR count). The third kappa shape index (κ3) is 6.66. The fourth-order valence-corrected chi connectivity index (χ4v) is 4.26. The molecule has 1 aromatic heterocycles. The van der Waals surface area contributed by atoms with Gasteiger partial charge in [-0.2, -0.15) is 8.78 Å². The number of alkyl halides is 2. The summed E-state index contributed by atoms with van der Waals surface area (Å²) in [5.41, 5.74) is 1.71. The number of nitrogens with zero attached hydrogens (tertiary/aromatic N) is 3. The number of ether oxygens (including phenoxy) is 1. The highest BCUT2D eigenvalue weighted by atomic mass is 127. The normalized spacial score (nSPS) is 16.5. The van der Waals surface area contributed by atoms with Crippen molar-refractivity contribution in [3.05, 3.63) is 39.8 Å². The molecule has 1 aliphatic heterocycles. The monoisotopic (exact) mass is 551 g/mol. The highest BCUT2D eigenvalue weighted by Crippen LogP contribution is 2.31. The lowest BCUT2D eigenvalue weighted by Gasteiger charge is -2.22. The topological polar surface area (TPSA) is 61.8 Å². The maximum Gasteiger partial charge on any atom is 0.387 e. The Labute approximate surface area is 197 Å². The van der Waals surface area contributed by atoms with Gasteiger partial charge in [0.05, 0.1) is 22.9 Å². The maximum absolute atomic E-state index is 12.7. The molecule has 0 saturated carbocycles. The minimum atomic E-state index is -2.83. The van der Waals surface area contributed by atoms with E-state index < -0.39 is 6.61 Å². The molecule has 166 valence electrons. The SMILES string of the molecule is CCNC(=NCc1sc(C)nc1C)NC1CCN(c2ccccc2OC(F)F)C1.I. The van der Waals surface area contributed by atoms with Crippen molar-refractivity contribution in [3.63, 3.8) is 0 Å². The Morgan fingerprint density at radius 1 is 1.37 bits per heavy atom. The molecule has 1 aliphatic rings. The fourth-order valence-electron chi connectivity index (χ4n) is 3.40. The Morgan fingerprint density at radius 3 is 2.80 bits per heavy atom. The number of anilines is 1. The van der Waals surface area contributed by atoms with Crippen molar-refractivity contribution >= 4 is 47.0 Å². The van der Waals surface area contributed by atoms with E-state index in [1.807, 2.05) is 32.9 Å². The van der Waals surface area contributed by atoms with E-state index in [9.17, 15) is 8.78 Å². The van der Waals surface area contributed by atoms with Gasteiger partial charge in [-0.25, -0.2) is 9.98 Å². The average molecular weight is 551 g/mol. The summed E-state index contributed by atoms with van der Waals surface area (Å²) in [5, 5.41) is 7.79. The molecule has 30 heavy (non-hydrogen) atoms. The number of guanidine groups is 1. The van der Waals surface area contributed by atoms with Gasteiger partial charge in [0.15, 0.2) is 5.96 Å². The van der Waals surface area contributed by atoms with Crippen LogP contribution in [0, 0.1) is 13.8 Å². The van der Waals surface area contributed by atoms with Crippen molar-refractivity contribution in [3.8, 4) is 5.75 Å². The number of aromatic nitrogens is 1. The third-order valence-corrected chi connectivity index (χ3v) is 5.73. The molecular formula is C20H28F2IN5OS. The van der Waals surface area contributed by atoms with Crippen LogP contribution in [0.2, 0.25) is 0 Å². The minimum absolute atomic E-state index is 0. The standard InChI is InChI=1S/C20H27F2N5OS.HI/c1-4-23-20(24-11-18-13(2)25-14(3)29-18)26-15-9-10-27(12-15)16-7-5-6-8-17(16)28-19(21)22;/h5-8,15,19H,4,9-12H2,1-3H3,(H2,23,24,26);1H. The van der Waals surface area contributed by atoms with Gasteiger partial charge in [-0.15, -0.1) is 35.3 Å². The van der Waals surface area contributed by atoms with Gasteiger partial charge in [0.1, 0.15) is 5.75 Å². The molecule has 0 amide bonds. The van der Waals surface area contributed by atoms with E-state index in [-0.39, 0.29) is 35.8 Å². The highest BCUT2D eigenvalue weighted by molar-refractivity contribution is 14.0. The smallest absolute Gasteiger partial charge is 0.387 e. The molecule has 10 heteroatoms. The number of para-hydroxylation sites is 2. The third-order valence-electron chi connectivity index (χ3n) is 4.68. The van der Waals surface area contributed by atoms with Gasteiger partial charge in [-0.3, -0.25) is 0 Å². The van der Waals surface area contributed by atoms with E-state index in [1.165, 1.54) is 0 Å². The van der Waals surface area contributed by atoms with Crippen molar-refractivity contribution in [1.82, 2.24) is 15.6 Å². The van der Waals surface area contributed by atoms with Crippen LogP contribution in [0.4, 0.5) is 14.5 Å². The summed E-state index contributed by atoms with van der Waals surface area (Å²) in [6, 6.07) is 7.09. The van der Waals surface area contributed by atoms with E-state index >= 15 is 0 Å². The van der Waals surface area contributed by atoms with Gasteiger partial charge in [-0.1, -0.05) is 12.1 Å². The second-order valence-corrected chi connectivity index (χ2v) is 8.15. The first kappa shape index (κ1) is 24.6. The van der Waals surface area contributed by atoms with E-state index in [0.29, 0.717) is 18.8 Å². The summed E-state index contributed by atoms with van der Waals surface area (Å²) in [7, 11) is 0. The van der Waals surface area contributed by atoms with Crippen LogP contribution < -0.4 is 20.3 Å². The zero-order valence-corrected chi connectivity index (χ0v) is 20.5. The number of halogens is 3. The lowest BCUT2D eigenvalue weighted by atomic mass is 10.2. The molecule has 0 spiro atoms. The molecule has 2 heterocycles. The maximum atomic E-state index is 12.7. The zero-order chi connectivity index (χ0) is 20.8. The van der Waals surface area contributed by atoms with Crippen LogP contribution in [0.1, 0.15) is 28.9 Å².